The summed E-state index contributed by atoms with van der Waals surface area (Å²) in [4.78, 5) is 38.6. The first-order valence-corrected chi connectivity index (χ1v) is 15.0. The van der Waals surface area contributed by atoms with E-state index in [1.54, 1.807) is 50.1 Å². The molecule has 4 atom stereocenters. The molecule has 3 aliphatic carbocycles. The number of amides is 1. The van der Waals surface area contributed by atoms with Gasteiger partial charge in [-0.2, -0.15) is 0 Å². The lowest BCUT2D eigenvalue weighted by Gasteiger charge is -2.62. The fraction of sp³-hybridized carbons (Fsp3) is 0.429. The van der Waals surface area contributed by atoms with Crippen LogP contribution in [0.15, 0.2) is 85.2 Å². The van der Waals surface area contributed by atoms with Gasteiger partial charge in [0.15, 0.2) is 5.78 Å². The smallest absolute Gasteiger partial charge is 0.254 e. The van der Waals surface area contributed by atoms with Crippen molar-refractivity contribution >= 4 is 11.7 Å². The van der Waals surface area contributed by atoms with Crippen LogP contribution in [0.3, 0.4) is 0 Å². The van der Waals surface area contributed by atoms with Crippen LogP contribution >= 0.6 is 0 Å². The van der Waals surface area contributed by atoms with Gasteiger partial charge in [0.05, 0.1) is 7.11 Å². The molecule has 0 radical (unpaired) electrons. The van der Waals surface area contributed by atoms with Gasteiger partial charge in [-0.3, -0.25) is 24.5 Å². The summed E-state index contributed by atoms with van der Waals surface area (Å²) in [6.45, 7) is 7.75. The van der Waals surface area contributed by atoms with Crippen LogP contribution in [0.4, 0.5) is 0 Å². The minimum absolute atomic E-state index is 0.00604. The highest BCUT2D eigenvalue weighted by atomic mass is 16.5. The average molecular weight is 565 g/mol. The second-order valence-corrected chi connectivity index (χ2v) is 13.0. The predicted molar refractivity (Wildman–Crippen MR) is 162 cm³/mol. The molecule has 3 aromatic rings. The molecule has 1 aromatic carbocycles. The lowest BCUT2D eigenvalue weighted by atomic mass is 9.43. The molecule has 2 aromatic heterocycles. The van der Waals surface area contributed by atoms with Crippen molar-refractivity contribution in [3.8, 4) is 5.75 Å². The van der Waals surface area contributed by atoms with Crippen molar-refractivity contribution in [3.05, 3.63) is 102 Å². The molecule has 4 fully saturated rings. The second-order valence-electron chi connectivity index (χ2n) is 13.0. The number of benzene rings is 1. The molecular weight excluding hydrogens is 524 g/mol. The van der Waals surface area contributed by atoms with Gasteiger partial charge in [0, 0.05) is 55.8 Å². The summed E-state index contributed by atoms with van der Waals surface area (Å²) < 4.78 is 5.36. The molecule has 0 spiro atoms. The lowest BCUT2D eigenvalue weighted by Crippen LogP contribution is -2.57. The molecule has 1 saturated heterocycles. The van der Waals surface area contributed by atoms with E-state index in [-0.39, 0.29) is 11.7 Å². The van der Waals surface area contributed by atoms with E-state index < -0.39 is 5.54 Å². The molecule has 3 saturated carbocycles. The molecule has 7 rings (SSSR count). The Labute approximate surface area is 248 Å². The van der Waals surface area contributed by atoms with Crippen LogP contribution in [0, 0.1) is 29.1 Å². The number of nitrogens with one attached hydrogen (secondary N) is 1. The molecular formula is C35H40N4O3. The number of aromatic nitrogens is 2. The minimum Gasteiger partial charge on any atom is -0.497 e. The Kier molecular flexibility index (Phi) is 7.37. The quantitative estimate of drug-likeness (QED) is 0.274. The zero-order valence-corrected chi connectivity index (χ0v) is 24.9. The third kappa shape index (κ3) is 5.10. The SMILES string of the molecule is COc1cccc(C(=O)/C=C2/NC(Cc3ccncc3)(Cc3ccncc3)C(=O)N2CC2CC3CC(C2C)C3(C)C)c1. The number of methoxy groups -OCH3 is 1. The molecule has 4 aliphatic rings. The lowest BCUT2D eigenvalue weighted by molar-refractivity contribution is -0.142. The number of carbonyl (C=O) groups is 2. The summed E-state index contributed by atoms with van der Waals surface area (Å²) in [5, 5.41) is 3.62. The number of hydrogen-bond donors (Lipinski definition) is 1. The molecule has 42 heavy (non-hydrogen) atoms. The highest BCUT2D eigenvalue weighted by Gasteiger charge is 2.57. The fourth-order valence-corrected chi connectivity index (χ4v) is 7.75. The maximum atomic E-state index is 14.7. The van der Waals surface area contributed by atoms with E-state index in [9.17, 15) is 9.59 Å². The number of ether oxygens (including phenoxy) is 1. The summed E-state index contributed by atoms with van der Waals surface area (Å²) in [6, 6.07) is 15.0. The van der Waals surface area contributed by atoms with E-state index in [4.69, 9.17) is 4.74 Å². The molecule has 2 bridgehead atoms. The van der Waals surface area contributed by atoms with Gasteiger partial charge in [-0.25, -0.2) is 0 Å². The number of carbonyl (C=O) groups excluding carboxylic acids is 2. The zero-order valence-electron chi connectivity index (χ0n) is 24.9. The summed E-state index contributed by atoms with van der Waals surface area (Å²) in [6.07, 6.45) is 12.0. The molecule has 218 valence electrons. The van der Waals surface area contributed by atoms with Crippen molar-refractivity contribution in [1.29, 1.82) is 0 Å². The average Bonchev–Trinajstić information content (AvgIpc) is 3.23. The van der Waals surface area contributed by atoms with Gasteiger partial charge in [-0.05, 0) is 89.5 Å². The van der Waals surface area contributed by atoms with Crippen molar-refractivity contribution in [3.63, 3.8) is 0 Å². The number of pyridine rings is 2. The molecule has 1 amide bonds. The predicted octanol–water partition coefficient (Wildman–Crippen LogP) is 5.48. The van der Waals surface area contributed by atoms with Crippen LogP contribution in [0.2, 0.25) is 0 Å². The minimum atomic E-state index is -0.955. The molecule has 1 N–H and O–H groups in total. The van der Waals surface area contributed by atoms with Gasteiger partial charge in [-0.15, -0.1) is 0 Å². The van der Waals surface area contributed by atoms with Crippen molar-refractivity contribution in [1.82, 2.24) is 20.2 Å². The summed E-state index contributed by atoms with van der Waals surface area (Å²) in [5.41, 5.74) is 1.94. The van der Waals surface area contributed by atoms with Gasteiger partial charge in [0.25, 0.3) is 5.91 Å². The van der Waals surface area contributed by atoms with Gasteiger partial charge < -0.3 is 10.1 Å². The Morgan fingerprint density at radius 1 is 1.02 bits per heavy atom. The Hall–Kier alpha value is -4.00. The number of nitrogens with zero attached hydrogens (tertiary/aromatic N) is 3. The number of fused-ring (bicyclic) bond motifs is 2. The Morgan fingerprint density at radius 2 is 1.67 bits per heavy atom. The maximum absolute atomic E-state index is 14.7. The number of hydrogen-bond acceptors (Lipinski definition) is 6. The summed E-state index contributed by atoms with van der Waals surface area (Å²) >= 11 is 0. The van der Waals surface area contributed by atoms with Crippen molar-refractivity contribution in [2.45, 2.75) is 52.0 Å². The van der Waals surface area contributed by atoms with E-state index in [1.807, 2.05) is 41.3 Å². The monoisotopic (exact) mass is 564 g/mol. The normalized spacial score (nSPS) is 26.4. The first-order valence-electron chi connectivity index (χ1n) is 15.0. The first kappa shape index (κ1) is 28.1. The highest BCUT2D eigenvalue weighted by molar-refractivity contribution is 6.06. The topological polar surface area (TPSA) is 84.4 Å². The number of allylic oxidation sites excluding steroid dienone is 1. The van der Waals surface area contributed by atoms with E-state index in [1.165, 1.54) is 6.42 Å². The van der Waals surface area contributed by atoms with E-state index in [0.29, 0.717) is 65.6 Å². The standard InChI is InChI=1S/C35H40N4O3/c1-23-27(16-28-18-30(23)34(28,2)3)22-39-32(19-31(40)26-6-5-7-29(17-26)42-4)38-35(33(39)41,20-24-8-12-36-13-9-24)21-25-10-14-37-15-11-25/h5-15,17,19,23,27-28,30,38H,16,18,20-22H2,1-4H3/b32-19-. The van der Waals surface area contributed by atoms with E-state index in [0.717, 1.165) is 17.5 Å². The largest absolute Gasteiger partial charge is 0.497 e. The van der Waals surface area contributed by atoms with Crippen molar-refractivity contribution in [2.24, 2.45) is 29.1 Å². The zero-order chi connectivity index (χ0) is 29.5. The fourth-order valence-electron chi connectivity index (χ4n) is 7.75. The molecule has 3 heterocycles. The third-order valence-electron chi connectivity index (χ3n) is 10.4. The van der Waals surface area contributed by atoms with E-state index >= 15 is 0 Å². The molecule has 1 aliphatic heterocycles. The Morgan fingerprint density at radius 3 is 2.24 bits per heavy atom. The molecule has 7 nitrogen and oxygen atoms in total. The maximum Gasteiger partial charge on any atom is 0.254 e. The summed E-state index contributed by atoms with van der Waals surface area (Å²) in [5.74, 6) is 3.25. The van der Waals surface area contributed by atoms with Crippen LogP contribution < -0.4 is 10.1 Å². The second kappa shape index (κ2) is 11.0. The number of rotatable bonds is 9. The van der Waals surface area contributed by atoms with Gasteiger partial charge in [0.2, 0.25) is 0 Å². The first-order chi connectivity index (χ1) is 20.2. The van der Waals surface area contributed by atoms with E-state index in [2.05, 4.69) is 36.1 Å². The molecule has 7 heteroatoms. The van der Waals surface area contributed by atoms with Crippen LogP contribution in [0.25, 0.3) is 0 Å². The Balaban J connectivity index is 1.38. The van der Waals surface area contributed by atoms with Gasteiger partial charge >= 0.3 is 0 Å². The summed E-state index contributed by atoms with van der Waals surface area (Å²) in [7, 11) is 1.59. The van der Waals surface area contributed by atoms with Crippen LogP contribution in [0.1, 0.15) is 55.1 Å². The number of ketones is 1. The van der Waals surface area contributed by atoms with Gasteiger partial charge in [0.1, 0.15) is 17.1 Å². The highest BCUT2D eigenvalue weighted by Crippen LogP contribution is 2.63. The molecule has 4 unspecified atom stereocenters. The van der Waals surface area contributed by atoms with Crippen LogP contribution in [-0.4, -0.2) is 45.8 Å². The van der Waals surface area contributed by atoms with Gasteiger partial charge in [-0.1, -0.05) is 32.9 Å². The Bertz CT molecular complexity index is 1440. The third-order valence-corrected chi connectivity index (χ3v) is 10.4. The van der Waals surface area contributed by atoms with Crippen LogP contribution in [0.5, 0.6) is 5.75 Å². The van der Waals surface area contributed by atoms with Crippen LogP contribution in [-0.2, 0) is 17.6 Å². The van der Waals surface area contributed by atoms with Crippen molar-refractivity contribution < 1.29 is 14.3 Å². The van der Waals surface area contributed by atoms with Crippen molar-refractivity contribution in [2.75, 3.05) is 13.7 Å².